The van der Waals surface area contributed by atoms with Crippen LogP contribution in [0.15, 0.2) is 30.3 Å². The summed E-state index contributed by atoms with van der Waals surface area (Å²) >= 11 is 2.13. The number of carbonyl (C=O) groups is 1. The predicted molar refractivity (Wildman–Crippen MR) is 96.3 cm³/mol. The van der Waals surface area contributed by atoms with E-state index in [1.165, 1.54) is 6.92 Å². The first-order valence-corrected chi connectivity index (χ1v) is 7.79. The van der Waals surface area contributed by atoms with Gasteiger partial charge in [-0.25, -0.2) is 0 Å². The van der Waals surface area contributed by atoms with E-state index in [4.69, 9.17) is 0 Å². The molecule has 2 aromatic carbocycles. The Morgan fingerprint density at radius 2 is 1.75 bits per heavy atom. The van der Waals surface area contributed by atoms with E-state index in [-0.39, 0.29) is 11.1 Å². The van der Waals surface area contributed by atoms with Gasteiger partial charge in [-0.05, 0) is 60.2 Å². The SMILES string of the molecule is Cc1cc(I)ccc1NC(=O)c1cc([N+](=O)[O-])cc([N+](=O)[O-])c1C. The predicted octanol–water partition coefficient (Wildman–Crippen LogP) is 3.98. The molecule has 0 bridgehead atoms. The summed E-state index contributed by atoms with van der Waals surface area (Å²) in [6.07, 6.45) is 0. The lowest BCUT2D eigenvalue weighted by Gasteiger charge is -2.10. The van der Waals surface area contributed by atoms with Gasteiger partial charge in [0, 0.05) is 20.9 Å². The van der Waals surface area contributed by atoms with Crippen molar-refractivity contribution in [3.63, 3.8) is 0 Å². The number of amides is 1. The summed E-state index contributed by atoms with van der Waals surface area (Å²) < 4.78 is 0.991. The van der Waals surface area contributed by atoms with Crippen LogP contribution in [0.2, 0.25) is 0 Å². The van der Waals surface area contributed by atoms with Crippen LogP contribution in [0, 0.1) is 37.6 Å². The highest BCUT2D eigenvalue weighted by Gasteiger charge is 2.24. The number of halogens is 1. The van der Waals surface area contributed by atoms with Gasteiger partial charge >= 0.3 is 0 Å². The van der Waals surface area contributed by atoms with Gasteiger partial charge in [0.1, 0.15) is 0 Å². The van der Waals surface area contributed by atoms with Crippen molar-refractivity contribution in [3.8, 4) is 0 Å². The van der Waals surface area contributed by atoms with E-state index in [1.807, 2.05) is 6.07 Å². The third kappa shape index (κ3) is 3.67. The molecule has 1 amide bonds. The summed E-state index contributed by atoms with van der Waals surface area (Å²) in [6.45, 7) is 3.19. The number of nitrogens with zero attached hydrogens (tertiary/aromatic N) is 2. The average Bonchev–Trinajstić information content (AvgIpc) is 2.49. The number of hydrogen-bond acceptors (Lipinski definition) is 5. The number of benzene rings is 2. The monoisotopic (exact) mass is 441 g/mol. The molecule has 0 aliphatic rings. The Labute approximate surface area is 150 Å². The highest BCUT2D eigenvalue weighted by atomic mass is 127. The van der Waals surface area contributed by atoms with Gasteiger partial charge < -0.3 is 5.32 Å². The molecule has 0 aromatic heterocycles. The zero-order chi connectivity index (χ0) is 18.0. The number of aryl methyl sites for hydroxylation is 1. The molecule has 1 N–H and O–H groups in total. The first kappa shape index (κ1) is 17.8. The Hall–Kier alpha value is -2.56. The number of nitro groups is 2. The third-order valence-corrected chi connectivity index (χ3v) is 4.12. The highest BCUT2D eigenvalue weighted by molar-refractivity contribution is 14.1. The maximum Gasteiger partial charge on any atom is 0.279 e. The fraction of sp³-hybridized carbons (Fsp3) is 0.133. The zero-order valence-electron chi connectivity index (χ0n) is 12.7. The van der Waals surface area contributed by atoms with Gasteiger partial charge in [0.15, 0.2) is 0 Å². The summed E-state index contributed by atoms with van der Waals surface area (Å²) in [5.41, 5.74) is 0.354. The van der Waals surface area contributed by atoms with E-state index in [0.29, 0.717) is 5.69 Å². The minimum absolute atomic E-state index is 0.0752. The lowest BCUT2D eigenvalue weighted by Crippen LogP contribution is -2.15. The molecular formula is C15H12IN3O5. The van der Waals surface area contributed by atoms with Crippen molar-refractivity contribution in [2.75, 3.05) is 5.32 Å². The molecule has 0 atom stereocenters. The number of nitrogens with one attached hydrogen (secondary N) is 1. The second-order valence-electron chi connectivity index (χ2n) is 5.07. The lowest BCUT2D eigenvalue weighted by molar-refractivity contribution is -0.394. The largest absolute Gasteiger partial charge is 0.322 e. The minimum Gasteiger partial charge on any atom is -0.322 e. The quantitative estimate of drug-likeness (QED) is 0.438. The van der Waals surface area contributed by atoms with Gasteiger partial charge in [0.2, 0.25) is 0 Å². The van der Waals surface area contributed by atoms with Crippen LogP contribution in [0.4, 0.5) is 17.1 Å². The smallest absolute Gasteiger partial charge is 0.279 e. The van der Waals surface area contributed by atoms with Crippen LogP contribution in [-0.2, 0) is 0 Å². The van der Waals surface area contributed by atoms with Gasteiger partial charge in [-0.15, -0.1) is 0 Å². The van der Waals surface area contributed by atoms with Crippen molar-refractivity contribution in [1.82, 2.24) is 0 Å². The van der Waals surface area contributed by atoms with Crippen LogP contribution < -0.4 is 5.32 Å². The van der Waals surface area contributed by atoms with Crippen molar-refractivity contribution in [2.45, 2.75) is 13.8 Å². The number of hydrogen-bond donors (Lipinski definition) is 1. The third-order valence-electron chi connectivity index (χ3n) is 3.45. The summed E-state index contributed by atoms with van der Waals surface area (Å²) in [7, 11) is 0. The Kier molecular flexibility index (Phi) is 5.12. The highest BCUT2D eigenvalue weighted by Crippen LogP contribution is 2.29. The minimum atomic E-state index is -0.765. The van der Waals surface area contributed by atoms with Gasteiger partial charge in [0.05, 0.1) is 21.5 Å². The van der Waals surface area contributed by atoms with Crippen molar-refractivity contribution < 1.29 is 14.6 Å². The number of rotatable bonds is 4. The average molecular weight is 441 g/mol. The van der Waals surface area contributed by atoms with Gasteiger partial charge in [-0.3, -0.25) is 25.0 Å². The second kappa shape index (κ2) is 6.91. The van der Waals surface area contributed by atoms with Crippen LogP contribution in [0.3, 0.4) is 0 Å². The molecule has 2 rings (SSSR count). The summed E-state index contributed by atoms with van der Waals surface area (Å²) in [6, 6.07) is 7.25. The fourth-order valence-corrected chi connectivity index (χ4v) is 2.82. The summed E-state index contributed by atoms with van der Waals surface area (Å²) in [4.78, 5) is 33.0. The first-order valence-electron chi connectivity index (χ1n) is 6.71. The van der Waals surface area contributed by atoms with Crippen LogP contribution in [0.5, 0.6) is 0 Å². The molecule has 124 valence electrons. The number of nitro benzene ring substituents is 2. The Bertz CT molecular complexity index is 866. The Morgan fingerprint density at radius 1 is 1.08 bits per heavy atom. The number of anilines is 1. The topological polar surface area (TPSA) is 115 Å². The van der Waals surface area contributed by atoms with E-state index in [2.05, 4.69) is 27.9 Å². The molecule has 9 heteroatoms. The normalized spacial score (nSPS) is 10.3. The molecule has 0 aliphatic carbocycles. The molecule has 8 nitrogen and oxygen atoms in total. The maximum atomic E-state index is 12.5. The van der Waals surface area contributed by atoms with Crippen LogP contribution in [-0.4, -0.2) is 15.8 Å². The van der Waals surface area contributed by atoms with Crippen molar-refractivity contribution in [3.05, 3.63) is 70.8 Å². The molecule has 0 saturated carbocycles. The molecule has 0 fully saturated rings. The Morgan fingerprint density at radius 3 is 2.29 bits per heavy atom. The van der Waals surface area contributed by atoms with Crippen LogP contribution in [0.1, 0.15) is 21.5 Å². The molecule has 0 heterocycles. The summed E-state index contributed by atoms with van der Waals surface area (Å²) in [5, 5.41) is 24.7. The Balaban J connectivity index is 2.48. The number of non-ortho nitro benzene ring substituents is 1. The molecule has 0 spiro atoms. The van der Waals surface area contributed by atoms with Gasteiger partial charge in [0.25, 0.3) is 17.3 Å². The molecule has 0 saturated heterocycles. The number of carbonyl (C=O) groups excluding carboxylic acids is 1. The molecule has 0 radical (unpaired) electrons. The van der Waals surface area contributed by atoms with Crippen LogP contribution >= 0.6 is 22.6 Å². The van der Waals surface area contributed by atoms with Crippen molar-refractivity contribution in [1.29, 1.82) is 0 Å². The molecule has 0 aliphatic heterocycles. The lowest BCUT2D eigenvalue weighted by atomic mass is 10.0. The van der Waals surface area contributed by atoms with E-state index < -0.39 is 27.1 Å². The zero-order valence-corrected chi connectivity index (χ0v) is 14.9. The first-order chi connectivity index (χ1) is 11.2. The van der Waals surface area contributed by atoms with Crippen LogP contribution in [0.25, 0.3) is 0 Å². The summed E-state index contributed by atoms with van der Waals surface area (Å²) in [5.74, 6) is -0.636. The van der Waals surface area contributed by atoms with E-state index in [9.17, 15) is 25.0 Å². The van der Waals surface area contributed by atoms with Gasteiger partial charge in [-0.1, -0.05) is 0 Å². The van der Waals surface area contributed by atoms with E-state index in [0.717, 1.165) is 21.3 Å². The fourth-order valence-electron chi connectivity index (χ4n) is 2.17. The maximum absolute atomic E-state index is 12.5. The van der Waals surface area contributed by atoms with Crippen molar-refractivity contribution >= 4 is 45.6 Å². The molecular weight excluding hydrogens is 429 g/mol. The van der Waals surface area contributed by atoms with E-state index in [1.54, 1.807) is 19.1 Å². The molecule has 0 unspecified atom stereocenters. The van der Waals surface area contributed by atoms with E-state index >= 15 is 0 Å². The molecule has 24 heavy (non-hydrogen) atoms. The van der Waals surface area contributed by atoms with Gasteiger partial charge in [-0.2, -0.15) is 0 Å². The van der Waals surface area contributed by atoms with Crippen molar-refractivity contribution in [2.24, 2.45) is 0 Å². The molecule has 2 aromatic rings. The second-order valence-corrected chi connectivity index (χ2v) is 6.31. The standard InChI is InChI=1S/C15H12IN3O5/c1-8-5-10(16)3-4-13(8)17-15(20)12-6-11(18(21)22)7-14(9(12)2)19(23)24/h3-7H,1-2H3,(H,17,20).